The number of allylic oxidation sites excluding steroid dienone is 1. The molecule has 4 amide bonds. The first-order chi connectivity index (χ1) is 29.2. The summed E-state index contributed by atoms with van der Waals surface area (Å²) in [6, 6.07) is 4.60. The maximum Gasteiger partial charge on any atom is 0.427 e. The highest BCUT2D eigenvalue weighted by molar-refractivity contribution is 7.91. The van der Waals surface area contributed by atoms with Gasteiger partial charge in [0.2, 0.25) is 33.3 Å². The Bertz CT molecular complexity index is 2200. The molecule has 7 atom stereocenters. The second-order valence-electron chi connectivity index (χ2n) is 17.9. The summed E-state index contributed by atoms with van der Waals surface area (Å²) in [4.78, 5) is 64.6. The molecule has 7 rings (SSSR count). The van der Waals surface area contributed by atoms with Crippen LogP contribution in [0.5, 0.6) is 5.88 Å². The number of nitrogens with zero attached hydrogens (tertiary/aromatic N) is 3. The van der Waals surface area contributed by atoms with Gasteiger partial charge in [-0.1, -0.05) is 44.2 Å². The van der Waals surface area contributed by atoms with Gasteiger partial charge in [-0.3, -0.25) is 19.1 Å². The summed E-state index contributed by atoms with van der Waals surface area (Å²) in [5, 5.41) is 6.62. The lowest BCUT2D eigenvalue weighted by Gasteiger charge is -2.34. The van der Waals surface area contributed by atoms with Gasteiger partial charge in [-0.05, 0) is 70.3 Å². The molecule has 5 aliphatic rings. The largest absolute Gasteiger partial charge is 0.472 e. The summed E-state index contributed by atoms with van der Waals surface area (Å²) in [6.07, 6.45) is -0.757. The Labute approximate surface area is 357 Å². The molecule has 2 aliphatic carbocycles. The first kappa shape index (κ1) is 45.3. The molecule has 15 nitrogen and oxygen atoms in total. The average molecular weight is 895 g/mol. The lowest BCUT2D eigenvalue weighted by Crippen LogP contribution is -2.60. The van der Waals surface area contributed by atoms with Crippen molar-refractivity contribution < 1.29 is 59.4 Å². The van der Waals surface area contributed by atoms with Crippen LogP contribution in [0.1, 0.15) is 72.6 Å². The van der Waals surface area contributed by atoms with Crippen molar-refractivity contribution in [3.63, 3.8) is 0 Å². The molecule has 0 bridgehead atoms. The van der Waals surface area contributed by atoms with Crippen molar-refractivity contribution in [3.8, 4) is 5.88 Å². The highest BCUT2D eigenvalue weighted by Crippen LogP contribution is 2.48. The number of nitrogens with one attached hydrogen (secondary N) is 3. The van der Waals surface area contributed by atoms with Gasteiger partial charge in [0.15, 0.2) is 0 Å². The van der Waals surface area contributed by atoms with Crippen LogP contribution in [-0.4, -0.2) is 122 Å². The number of hydrogen-bond acceptors (Lipinski definition) is 11. The zero-order valence-corrected chi connectivity index (χ0v) is 36.0. The zero-order chi connectivity index (χ0) is 44.8. The molecule has 0 radical (unpaired) electrons. The second kappa shape index (κ2) is 17.1. The highest BCUT2D eigenvalue weighted by Gasteiger charge is 2.64. The molecule has 0 unspecified atom stereocenters. The molecule has 3 aliphatic heterocycles. The molecule has 4 heterocycles. The molecule has 1 aromatic heterocycles. The fourth-order valence-electron chi connectivity index (χ4n) is 8.66. The van der Waals surface area contributed by atoms with E-state index in [4.69, 9.17) is 14.2 Å². The van der Waals surface area contributed by atoms with E-state index in [1.165, 1.54) is 4.90 Å². The number of ether oxygens (including phenoxy) is 3. The molecule has 62 heavy (non-hydrogen) atoms. The first-order valence-corrected chi connectivity index (χ1v) is 22.5. The van der Waals surface area contributed by atoms with E-state index in [-0.39, 0.29) is 44.0 Å². The number of alkyl halides is 4. The SMILES string of the molecule is C[C@@H]1CC/C=C\[C@@H]2C[C@@]2(C(=O)NS(=O)(=O)C2(CF)CC2)NC(=O)[C@@H]2C[C@@H](Oc3ncc(N4CCOCC4)c4ccccc34)CN2C(=O)[C@@H](NC(=O)OC(C)(C)C(F)(F)F)[C@H](C)C1. The second-order valence-corrected chi connectivity index (χ2v) is 20.0. The summed E-state index contributed by atoms with van der Waals surface area (Å²) < 4.78 is 98.9. The summed E-state index contributed by atoms with van der Waals surface area (Å²) in [5.74, 6) is -3.85. The number of benzene rings is 1. The van der Waals surface area contributed by atoms with Crippen LogP contribution in [0.2, 0.25) is 0 Å². The Kier molecular flexibility index (Phi) is 12.5. The lowest BCUT2D eigenvalue weighted by molar-refractivity contribution is -0.244. The third-order valence-electron chi connectivity index (χ3n) is 12.9. The number of carbonyl (C=O) groups is 4. The van der Waals surface area contributed by atoms with Crippen molar-refractivity contribution >= 4 is 50.3 Å². The van der Waals surface area contributed by atoms with Crippen molar-refractivity contribution in [1.82, 2.24) is 25.2 Å². The summed E-state index contributed by atoms with van der Waals surface area (Å²) in [7, 11) is -4.47. The van der Waals surface area contributed by atoms with Gasteiger partial charge in [0.05, 0.1) is 31.6 Å². The van der Waals surface area contributed by atoms with Crippen LogP contribution in [0, 0.1) is 17.8 Å². The highest BCUT2D eigenvalue weighted by atomic mass is 32.2. The molecular formula is C42H54F4N6O9S. The van der Waals surface area contributed by atoms with E-state index < -0.39 is 92.6 Å². The summed E-state index contributed by atoms with van der Waals surface area (Å²) >= 11 is 0. The van der Waals surface area contributed by atoms with Crippen LogP contribution in [-0.2, 0) is 33.9 Å². The number of rotatable bonds is 9. The number of halogens is 4. The fourth-order valence-corrected chi connectivity index (χ4v) is 10.1. The van der Waals surface area contributed by atoms with Gasteiger partial charge in [0.1, 0.15) is 35.1 Å². The number of amides is 4. The molecule has 20 heteroatoms. The number of sulfonamides is 1. The van der Waals surface area contributed by atoms with E-state index in [2.05, 4.69) is 20.5 Å². The number of pyridine rings is 1. The quantitative estimate of drug-likeness (QED) is 0.235. The Balaban J connectivity index is 1.23. The van der Waals surface area contributed by atoms with Crippen molar-refractivity contribution in [2.24, 2.45) is 17.8 Å². The minimum Gasteiger partial charge on any atom is -0.472 e. The van der Waals surface area contributed by atoms with E-state index in [1.54, 1.807) is 19.2 Å². The number of fused-ring (bicyclic) bond motifs is 3. The average Bonchev–Trinajstić information content (AvgIpc) is 4.12. The Morgan fingerprint density at radius 3 is 2.42 bits per heavy atom. The third-order valence-corrected chi connectivity index (χ3v) is 15.0. The van der Waals surface area contributed by atoms with Gasteiger partial charge in [-0.2, -0.15) is 13.2 Å². The van der Waals surface area contributed by atoms with Crippen LogP contribution in [0.15, 0.2) is 42.6 Å². The van der Waals surface area contributed by atoms with E-state index in [1.807, 2.05) is 42.0 Å². The third kappa shape index (κ3) is 9.03. The normalized spacial score (nSPS) is 29.9. The van der Waals surface area contributed by atoms with Gasteiger partial charge in [0, 0.05) is 36.2 Å². The number of morpholine rings is 1. The standard InChI is InChI=1S/C42H54F4N6O9S/c1-25-9-5-6-10-27-21-41(27,37(55)50-62(57,58)40(24-43)13-14-40)49-34(53)31-20-28(60-35-30-12-8-7-11-29(30)32(22-47-35)51-15-17-59-18-16-51)23-52(31)36(54)33(26(2)19-25)48-38(56)61-39(3,4)42(44,45)46/h6-8,10-12,22,25-28,31,33H,5,9,13-21,23-24H2,1-4H3,(H,48,56)(H,49,53)(H,50,55)/b10-6-/t25-,26-,27-,28-,31+,33+,41-/m1/s1. The monoisotopic (exact) mass is 894 g/mol. The van der Waals surface area contributed by atoms with E-state index in [9.17, 15) is 45.2 Å². The molecule has 2 saturated heterocycles. The predicted molar refractivity (Wildman–Crippen MR) is 218 cm³/mol. The molecule has 1 aromatic carbocycles. The van der Waals surface area contributed by atoms with Crippen molar-refractivity contribution in [2.75, 3.05) is 44.4 Å². The number of carbonyl (C=O) groups excluding carboxylic acids is 4. The molecule has 4 fully saturated rings. The lowest BCUT2D eigenvalue weighted by atomic mass is 9.88. The Hall–Kier alpha value is -4.72. The molecule has 2 aromatic rings. The Morgan fingerprint density at radius 1 is 1.06 bits per heavy atom. The van der Waals surface area contributed by atoms with Crippen molar-refractivity contribution in [1.29, 1.82) is 0 Å². The minimum absolute atomic E-state index is 0.0167. The number of hydrogen-bond donors (Lipinski definition) is 3. The summed E-state index contributed by atoms with van der Waals surface area (Å²) in [6.45, 7) is 5.91. The van der Waals surface area contributed by atoms with Crippen molar-refractivity contribution in [2.45, 2.75) is 113 Å². The van der Waals surface area contributed by atoms with Gasteiger partial charge in [0.25, 0.3) is 5.91 Å². The first-order valence-electron chi connectivity index (χ1n) is 21.1. The molecule has 2 saturated carbocycles. The van der Waals surface area contributed by atoms with E-state index >= 15 is 0 Å². The van der Waals surface area contributed by atoms with Crippen LogP contribution >= 0.6 is 0 Å². The number of aromatic nitrogens is 1. The molecular weight excluding hydrogens is 841 g/mol. The van der Waals surface area contributed by atoms with Crippen LogP contribution in [0.4, 0.5) is 28.0 Å². The van der Waals surface area contributed by atoms with Crippen LogP contribution < -0.4 is 25.0 Å². The van der Waals surface area contributed by atoms with E-state index in [0.717, 1.165) is 11.1 Å². The van der Waals surface area contributed by atoms with Crippen LogP contribution in [0.25, 0.3) is 10.8 Å². The summed E-state index contributed by atoms with van der Waals surface area (Å²) in [5.41, 5.74) is -3.81. The molecule has 3 N–H and O–H groups in total. The predicted octanol–water partition coefficient (Wildman–Crippen LogP) is 4.69. The van der Waals surface area contributed by atoms with Gasteiger partial charge in [-0.15, -0.1) is 0 Å². The molecule has 0 spiro atoms. The topological polar surface area (TPSA) is 186 Å². The zero-order valence-electron chi connectivity index (χ0n) is 35.1. The maximum absolute atomic E-state index is 14.9. The van der Waals surface area contributed by atoms with Gasteiger partial charge < -0.3 is 34.6 Å². The van der Waals surface area contributed by atoms with Gasteiger partial charge in [-0.25, -0.2) is 22.6 Å². The van der Waals surface area contributed by atoms with Gasteiger partial charge >= 0.3 is 12.3 Å². The smallest absolute Gasteiger partial charge is 0.427 e. The fraction of sp³-hybridized carbons (Fsp3) is 0.643. The number of alkyl carbamates (subject to hydrolysis) is 1. The van der Waals surface area contributed by atoms with E-state index in [0.29, 0.717) is 64.8 Å². The number of anilines is 1. The minimum atomic E-state index is -4.93. The Morgan fingerprint density at radius 2 is 1.76 bits per heavy atom. The molecule has 340 valence electrons. The maximum atomic E-state index is 14.9. The van der Waals surface area contributed by atoms with Crippen LogP contribution in [0.3, 0.4) is 0 Å². The van der Waals surface area contributed by atoms with Crippen molar-refractivity contribution in [3.05, 3.63) is 42.6 Å².